The first kappa shape index (κ1) is 7.73. The van der Waals surface area contributed by atoms with E-state index in [0.29, 0.717) is 0 Å². The zero-order chi connectivity index (χ0) is 5.61. The molecule has 3 fully saturated rings. The molecule has 0 aromatic carbocycles. The molecule has 0 amide bonds. The van der Waals surface area contributed by atoms with E-state index < -0.39 is 0 Å². The van der Waals surface area contributed by atoms with Crippen LogP contribution < -0.4 is 0 Å². The molecule has 0 atom stereocenters. The smallest absolute Gasteiger partial charge is 0 e. The molecule has 3 aliphatic carbocycles. The van der Waals surface area contributed by atoms with Gasteiger partial charge in [0.25, 0.3) is 0 Å². The van der Waals surface area contributed by atoms with E-state index in [1.165, 1.54) is 32.1 Å². The van der Waals surface area contributed by atoms with Crippen LogP contribution in [0.25, 0.3) is 0 Å². The summed E-state index contributed by atoms with van der Waals surface area (Å²) in [5.41, 5.74) is 0.879. The Kier molecular flexibility index (Phi) is 2.01. The Bertz CT molecular complexity index is 92.1. The van der Waals surface area contributed by atoms with E-state index in [2.05, 4.69) is 6.92 Å². The van der Waals surface area contributed by atoms with Crippen LogP contribution in [0.5, 0.6) is 0 Å². The van der Waals surface area contributed by atoms with Crippen LogP contribution in [0.4, 0.5) is 0 Å². The van der Waals surface area contributed by atoms with Gasteiger partial charge in [0.15, 0.2) is 0 Å². The van der Waals surface area contributed by atoms with Gasteiger partial charge >= 0.3 is 0 Å². The van der Waals surface area contributed by atoms with Crippen molar-refractivity contribution in [2.45, 2.75) is 39.0 Å². The van der Waals surface area contributed by atoms with Crippen molar-refractivity contribution in [3.8, 4) is 0 Å². The summed E-state index contributed by atoms with van der Waals surface area (Å²) in [5, 5.41) is 0. The molecule has 1 heteroatoms. The van der Waals surface area contributed by atoms with Crippen molar-refractivity contribution in [3.05, 3.63) is 5.92 Å². The van der Waals surface area contributed by atoms with Crippen LogP contribution in [0.15, 0.2) is 0 Å². The average molecular weight is 175 g/mol. The van der Waals surface area contributed by atoms with Crippen LogP contribution >= 0.6 is 0 Å². The van der Waals surface area contributed by atoms with E-state index in [1.807, 2.05) is 5.92 Å². The molecule has 2 bridgehead atoms. The first-order valence-corrected chi connectivity index (χ1v) is 3.68. The minimum Gasteiger partial charge on any atom is -0.313 e. The van der Waals surface area contributed by atoms with Crippen LogP contribution in [0.1, 0.15) is 39.0 Å². The van der Waals surface area contributed by atoms with Gasteiger partial charge in [-0.1, -0.05) is 19.8 Å². The molecule has 3 rings (SSSR count). The summed E-state index contributed by atoms with van der Waals surface area (Å²) in [6.07, 6.45) is 7.40. The second-order valence-corrected chi connectivity index (χ2v) is 3.53. The number of rotatable bonds is 2. The van der Waals surface area contributed by atoms with Crippen molar-refractivity contribution in [2.24, 2.45) is 5.41 Å². The molecule has 48 valence electrons. The summed E-state index contributed by atoms with van der Waals surface area (Å²) < 4.78 is 0. The van der Waals surface area contributed by atoms with Crippen LogP contribution in [0.3, 0.4) is 0 Å². The third-order valence-electron chi connectivity index (χ3n) is 2.66. The van der Waals surface area contributed by atoms with Crippen molar-refractivity contribution in [2.75, 3.05) is 0 Å². The van der Waals surface area contributed by atoms with E-state index in [0.717, 1.165) is 5.41 Å². The number of hydrogen-bond donors (Lipinski definition) is 0. The van der Waals surface area contributed by atoms with E-state index >= 15 is 0 Å². The molecule has 0 saturated heterocycles. The van der Waals surface area contributed by atoms with Gasteiger partial charge in [0.05, 0.1) is 0 Å². The molecule has 0 N–H and O–H groups in total. The molecule has 3 saturated carbocycles. The molecule has 0 nitrogen and oxygen atoms in total. The summed E-state index contributed by atoms with van der Waals surface area (Å²) in [6.45, 7) is 2.30. The Morgan fingerprint density at radius 1 is 1.33 bits per heavy atom. The van der Waals surface area contributed by atoms with E-state index in [9.17, 15) is 0 Å². The van der Waals surface area contributed by atoms with Crippen molar-refractivity contribution in [3.63, 3.8) is 0 Å². The van der Waals surface area contributed by atoms with E-state index in [-0.39, 0.29) is 19.5 Å². The summed E-state index contributed by atoms with van der Waals surface area (Å²) in [7, 11) is 0. The van der Waals surface area contributed by atoms with Crippen molar-refractivity contribution in [1.29, 1.82) is 0 Å². The normalized spacial score (nSPS) is 27.7. The summed E-state index contributed by atoms with van der Waals surface area (Å²) in [5.74, 6) is 1.85. The fourth-order valence-electron chi connectivity index (χ4n) is 2.23. The standard InChI is InChI=1S/C8H13.Zn/c1-2-3-8-4-7(5-8)6-8;/h2-6H2,1H3;/q-1;. The van der Waals surface area contributed by atoms with Gasteiger partial charge in [0.1, 0.15) is 0 Å². The zero-order valence-electron chi connectivity index (χ0n) is 6.24. The van der Waals surface area contributed by atoms with Gasteiger partial charge in [-0.3, -0.25) is 0 Å². The fraction of sp³-hybridized carbons (Fsp3) is 0.875. The molecule has 0 radical (unpaired) electrons. The molecule has 9 heavy (non-hydrogen) atoms. The Morgan fingerprint density at radius 3 is 2.00 bits per heavy atom. The molecule has 3 aliphatic rings. The summed E-state index contributed by atoms with van der Waals surface area (Å²) >= 11 is 0. The maximum atomic E-state index is 2.30. The Morgan fingerprint density at radius 2 is 1.89 bits per heavy atom. The predicted octanol–water partition coefficient (Wildman–Crippen LogP) is 2.54. The second-order valence-electron chi connectivity index (χ2n) is 3.53. The second kappa shape index (κ2) is 2.34. The first-order valence-electron chi connectivity index (χ1n) is 3.68. The van der Waals surface area contributed by atoms with Gasteiger partial charge < -0.3 is 5.92 Å². The van der Waals surface area contributed by atoms with Crippen molar-refractivity contribution >= 4 is 0 Å². The maximum absolute atomic E-state index is 2.30. The molecule has 0 spiro atoms. The molecule has 0 aromatic heterocycles. The third-order valence-corrected chi connectivity index (χ3v) is 2.66. The van der Waals surface area contributed by atoms with Crippen molar-refractivity contribution in [1.82, 2.24) is 0 Å². The van der Waals surface area contributed by atoms with Crippen LogP contribution in [-0.2, 0) is 19.5 Å². The Labute approximate surface area is 70.2 Å². The maximum Gasteiger partial charge on any atom is 0 e. The SMILES string of the molecule is CCCC12C[C-](C1)C2.[Zn]. The van der Waals surface area contributed by atoms with Gasteiger partial charge in [-0.25, -0.2) is 0 Å². The minimum absolute atomic E-state index is 0. The van der Waals surface area contributed by atoms with Crippen molar-refractivity contribution < 1.29 is 19.5 Å². The third kappa shape index (κ3) is 0.982. The van der Waals surface area contributed by atoms with Gasteiger partial charge in [-0.15, -0.1) is 5.41 Å². The monoisotopic (exact) mass is 173 g/mol. The fourth-order valence-corrected chi connectivity index (χ4v) is 2.23. The van der Waals surface area contributed by atoms with E-state index in [4.69, 9.17) is 0 Å². The van der Waals surface area contributed by atoms with Crippen LogP contribution in [0, 0.1) is 11.3 Å². The largest absolute Gasteiger partial charge is 0.313 e. The predicted molar refractivity (Wildman–Crippen MR) is 34.4 cm³/mol. The molecular formula is C8H13Zn-. The Balaban J connectivity index is 0.000000405. The minimum atomic E-state index is 0. The molecular weight excluding hydrogens is 161 g/mol. The first-order chi connectivity index (χ1) is 3.85. The average Bonchev–Trinajstić information content (AvgIpc) is 1.50. The quantitative estimate of drug-likeness (QED) is 0.446. The van der Waals surface area contributed by atoms with Gasteiger partial charge in [-0.05, 0) is 0 Å². The van der Waals surface area contributed by atoms with Gasteiger partial charge in [0.2, 0.25) is 0 Å². The van der Waals surface area contributed by atoms with Crippen LogP contribution in [0.2, 0.25) is 0 Å². The number of hydrogen-bond acceptors (Lipinski definition) is 0. The van der Waals surface area contributed by atoms with Gasteiger partial charge in [-0.2, -0.15) is 19.3 Å². The summed E-state index contributed by atoms with van der Waals surface area (Å²) in [6, 6.07) is 0. The Hall–Kier alpha value is 0.623. The summed E-state index contributed by atoms with van der Waals surface area (Å²) in [4.78, 5) is 0. The van der Waals surface area contributed by atoms with Crippen LogP contribution in [-0.4, -0.2) is 0 Å². The molecule has 0 aliphatic heterocycles. The zero-order valence-corrected chi connectivity index (χ0v) is 9.21. The molecule has 0 heterocycles. The molecule has 0 aromatic rings. The van der Waals surface area contributed by atoms with Gasteiger partial charge in [0, 0.05) is 19.5 Å². The molecule has 0 unspecified atom stereocenters. The topological polar surface area (TPSA) is 0 Å². The van der Waals surface area contributed by atoms with E-state index in [1.54, 1.807) is 0 Å².